The lowest BCUT2D eigenvalue weighted by Gasteiger charge is -2.09. The van der Waals surface area contributed by atoms with Crippen molar-refractivity contribution in [1.29, 1.82) is 0 Å². The van der Waals surface area contributed by atoms with Crippen molar-refractivity contribution in [2.75, 3.05) is 11.9 Å². The van der Waals surface area contributed by atoms with Crippen LogP contribution in [0.5, 0.6) is 0 Å². The number of hydrogen-bond acceptors (Lipinski definition) is 3. The van der Waals surface area contributed by atoms with E-state index in [0.717, 1.165) is 29.7 Å². The van der Waals surface area contributed by atoms with Gasteiger partial charge in [0.1, 0.15) is 0 Å². The molecule has 0 aliphatic rings. The Morgan fingerprint density at radius 1 is 1.00 bits per heavy atom. The van der Waals surface area contributed by atoms with Gasteiger partial charge in [-0.1, -0.05) is 30.3 Å². The number of carbonyl (C=O) groups is 1. The fourth-order valence-electron chi connectivity index (χ4n) is 2.05. The van der Waals surface area contributed by atoms with E-state index in [1.54, 1.807) is 30.3 Å². The Labute approximate surface area is 155 Å². The quantitative estimate of drug-likeness (QED) is 0.748. The monoisotopic (exact) mass is 398 g/mol. The Morgan fingerprint density at radius 2 is 1.63 bits per heavy atom. The van der Waals surface area contributed by atoms with Gasteiger partial charge in [-0.3, -0.25) is 4.79 Å². The lowest BCUT2D eigenvalue weighted by Crippen LogP contribution is -2.26. The maximum Gasteiger partial charge on any atom is 0.416 e. The summed E-state index contributed by atoms with van der Waals surface area (Å²) in [5.41, 5.74) is 0.0845. The van der Waals surface area contributed by atoms with Crippen LogP contribution in [-0.4, -0.2) is 20.9 Å². The van der Waals surface area contributed by atoms with Gasteiger partial charge in [0.25, 0.3) is 0 Å². The first-order chi connectivity index (χ1) is 12.7. The van der Waals surface area contributed by atoms with Crippen LogP contribution in [0.1, 0.15) is 17.5 Å². The van der Waals surface area contributed by atoms with Crippen LogP contribution in [0.4, 0.5) is 18.9 Å². The molecule has 27 heavy (non-hydrogen) atoms. The highest BCUT2D eigenvalue weighted by atomic mass is 32.2. The number of halogens is 3. The second-order valence-electron chi connectivity index (χ2n) is 5.53. The summed E-state index contributed by atoms with van der Waals surface area (Å²) in [6.07, 6.45) is -3.20. The zero-order chi connectivity index (χ0) is 19.9. The molecule has 0 spiro atoms. The van der Waals surface area contributed by atoms with Gasteiger partial charge in [0, 0.05) is 24.1 Å². The third-order valence-electron chi connectivity index (χ3n) is 3.39. The molecule has 5 nitrogen and oxygen atoms in total. The van der Waals surface area contributed by atoms with Crippen molar-refractivity contribution in [3.8, 4) is 0 Å². The number of amides is 1. The third kappa shape index (κ3) is 7.24. The lowest BCUT2D eigenvalue weighted by molar-refractivity contribution is -0.137. The predicted molar refractivity (Wildman–Crippen MR) is 97.1 cm³/mol. The van der Waals surface area contributed by atoms with Crippen molar-refractivity contribution in [2.45, 2.75) is 12.6 Å². The van der Waals surface area contributed by atoms with E-state index < -0.39 is 27.7 Å². The molecule has 0 aromatic heterocycles. The standard InChI is InChI=1S/C18H17F3N2O3S/c19-18(20,21)15-6-8-16(9-7-15)23-17(24)10-12-22-27(25,26)13-11-14-4-2-1-3-5-14/h1-9,11,13,22H,10,12H2,(H,23,24). The minimum atomic E-state index is -4.45. The van der Waals surface area contributed by atoms with Gasteiger partial charge in [0.15, 0.2) is 0 Å². The Kier molecular flexibility index (Phi) is 6.75. The molecule has 0 fully saturated rings. The summed E-state index contributed by atoms with van der Waals surface area (Å²) in [4.78, 5) is 11.8. The molecule has 1 amide bonds. The molecule has 0 saturated carbocycles. The number of sulfonamides is 1. The number of alkyl halides is 3. The van der Waals surface area contributed by atoms with Gasteiger partial charge in [-0.2, -0.15) is 13.2 Å². The van der Waals surface area contributed by atoms with Crippen LogP contribution in [0.3, 0.4) is 0 Å². The number of anilines is 1. The molecule has 0 radical (unpaired) electrons. The van der Waals surface area contributed by atoms with Gasteiger partial charge >= 0.3 is 6.18 Å². The smallest absolute Gasteiger partial charge is 0.326 e. The van der Waals surface area contributed by atoms with Gasteiger partial charge in [-0.05, 0) is 35.9 Å². The van der Waals surface area contributed by atoms with Crippen LogP contribution in [0.25, 0.3) is 6.08 Å². The summed E-state index contributed by atoms with van der Waals surface area (Å²) in [5, 5.41) is 3.40. The number of benzene rings is 2. The Hall–Kier alpha value is -2.65. The summed E-state index contributed by atoms with van der Waals surface area (Å²) in [5.74, 6) is -0.524. The second kappa shape index (κ2) is 8.83. The van der Waals surface area contributed by atoms with Crippen LogP contribution in [0, 0.1) is 0 Å². The summed E-state index contributed by atoms with van der Waals surface area (Å²) >= 11 is 0. The van der Waals surface area contributed by atoms with Crippen molar-refractivity contribution in [1.82, 2.24) is 4.72 Å². The molecule has 2 aromatic rings. The summed E-state index contributed by atoms with van der Waals surface area (Å²) < 4.78 is 63.3. The van der Waals surface area contributed by atoms with Gasteiger partial charge in [0.2, 0.25) is 15.9 Å². The average molecular weight is 398 g/mol. The Bertz CT molecular complexity index is 894. The Morgan fingerprint density at radius 3 is 2.22 bits per heavy atom. The predicted octanol–water partition coefficient (Wildman–Crippen LogP) is 3.62. The SMILES string of the molecule is O=C(CCNS(=O)(=O)C=Cc1ccccc1)Nc1ccc(C(F)(F)F)cc1. The van der Waals surface area contributed by atoms with Crippen LogP contribution in [-0.2, 0) is 21.0 Å². The van der Waals surface area contributed by atoms with Crippen LogP contribution < -0.4 is 10.0 Å². The molecular formula is C18H17F3N2O3S. The molecule has 2 N–H and O–H groups in total. The zero-order valence-electron chi connectivity index (χ0n) is 14.0. The first kappa shape index (κ1) is 20.7. The van der Waals surface area contributed by atoms with Gasteiger partial charge in [0.05, 0.1) is 5.56 Å². The average Bonchev–Trinajstić information content (AvgIpc) is 2.60. The fraction of sp³-hybridized carbons (Fsp3) is 0.167. The molecule has 0 aliphatic heterocycles. The van der Waals surface area contributed by atoms with Crippen LogP contribution >= 0.6 is 0 Å². The van der Waals surface area contributed by atoms with E-state index in [1.807, 2.05) is 0 Å². The van der Waals surface area contributed by atoms with Crippen molar-refractivity contribution < 1.29 is 26.4 Å². The van der Waals surface area contributed by atoms with E-state index in [2.05, 4.69) is 10.0 Å². The molecule has 0 aliphatic carbocycles. The highest BCUT2D eigenvalue weighted by molar-refractivity contribution is 7.92. The number of nitrogens with one attached hydrogen (secondary N) is 2. The fourth-order valence-corrected chi connectivity index (χ4v) is 2.87. The molecule has 144 valence electrons. The number of rotatable bonds is 7. The van der Waals surface area contributed by atoms with E-state index in [1.165, 1.54) is 6.08 Å². The normalized spacial score (nSPS) is 12.3. The van der Waals surface area contributed by atoms with E-state index >= 15 is 0 Å². The summed E-state index contributed by atoms with van der Waals surface area (Å²) in [6.45, 7) is -0.145. The molecule has 0 heterocycles. The molecule has 9 heteroatoms. The third-order valence-corrected chi connectivity index (χ3v) is 4.49. The number of carbonyl (C=O) groups excluding carboxylic acids is 1. The summed E-state index contributed by atoms with van der Waals surface area (Å²) in [6, 6.07) is 12.8. The highest BCUT2D eigenvalue weighted by Crippen LogP contribution is 2.29. The minimum absolute atomic E-state index is 0.145. The minimum Gasteiger partial charge on any atom is -0.326 e. The molecule has 0 saturated heterocycles. The molecule has 0 atom stereocenters. The van der Waals surface area contributed by atoms with Gasteiger partial charge < -0.3 is 5.32 Å². The van der Waals surface area contributed by atoms with E-state index in [4.69, 9.17) is 0 Å². The van der Waals surface area contributed by atoms with Gasteiger partial charge in [-0.25, -0.2) is 13.1 Å². The molecular weight excluding hydrogens is 381 g/mol. The first-order valence-electron chi connectivity index (χ1n) is 7.86. The van der Waals surface area contributed by atoms with Gasteiger partial charge in [-0.15, -0.1) is 0 Å². The molecule has 2 rings (SSSR count). The van der Waals surface area contributed by atoms with Crippen molar-refractivity contribution in [3.63, 3.8) is 0 Å². The largest absolute Gasteiger partial charge is 0.416 e. The van der Waals surface area contributed by atoms with E-state index in [-0.39, 0.29) is 18.7 Å². The van der Waals surface area contributed by atoms with E-state index in [0.29, 0.717) is 5.56 Å². The second-order valence-corrected chi connectivity index (χ2v) is 7.18. The van der Waals surface area contributed by atoms with Crippen LogP contribution in [0.2, 0.25) is 0 Å². The molecule has 0 bridgehead atoms. The highest BCUT2D eigenvalue weighted by Gasteiger charge is 2.29. The lowest BCUT2D eigenvalue weighted by atomic mass is 10.2. The zero-order valence-corrected chi connectivity index (χ0v) is 14.8. The molecule has 0 unspecified atom stereocenters. The number of hydrogen-bond donors (Lipinski definition) is 2. The van der Waals surface area contributed by atoms with E-state index in [9.17, 15) is 26.4 Å². The Balaban J connectivity index is 1.80. The first-order valence-corrected chi connectivity index (χ1v) is 9.40. The molecule has 2 aromatic carbocycles. The van der Waals surface area contributed by atoms with Crippen molar-refractivity contribution >= 4 is 27.7 Å². The topological polar surface area (TPSA) is 75.3 Å². The van der Waals surface area contributed by atoms with Crippen molar-refractivity contribution in [3.05, 3.63) is 71.1 Å². The maximum atomic E-state index is 12.5. The van der Waals surface area contributed by atoms with Crippen LogP contribution in [0.15, 0.2) is 60.0 Å². The maximum absolute atomic E-state index is 12.5. The summed E-state index contributed by atoms with van der Waals surface area (Å²) in [7, 11) is -3.71. The van der Waals surface area contributed by atoms with Crippen molar-refractivity contribution in [2.24, 2.45) is 0 Å².